The van der Waals surface area contributed by atoms with Crippen molar-refractivity contribution in [2.45, 2.75) is 56.9 Å². The van der Waals surface area contributed by atoms with Crippen LogP contribution in [0.1, 0.15) is 42.9 Å². The lowest BCUT2D eigenvalue weighted by molar-refractivity contribution is -0.137. The van der Waals surface area contributed by atoms with Crippen molar-refractivity contribution in [3.63, 3.8) is 0 Å². The molecule has 0 aliphatic carbocycles. The Morgan fingerprint density at radius 1 is 1.12 bits per heavy atom. The summed E-state index contributed by atoms with van der Waals surface area (Å²) < 4.78 is 40.6. The molecule has 0 saturated carbocycles. The number of amides is 1. The van der Waals surface area contributed by atoms with Crippen molar-refractivity contribution in [3.05, 3.63) is 35.7 Å². The number of nitrogens with zero attached hydrogens (tertiary/aromatic N) is 5. The Morgan fingerprint density at radius 2 is 1.84 bits per heavy atom. The number of phenols is 1. The smallest absolute Gasteiger partial charge is 0.416 e. The number of fused-ring (bicyclic) bond motifs is 3. The number of alkyl halides is 3. The third-order valence-electron chi connectivity index (χ3n) is 6.67. The average molecular weight is 447 g/mol. The van der Waals surface area contributed by atoms with E-state index in [1.807, 2.05) is 4.57 Å². The molecule has 0 radical (unpaired) electrons. The molecule has 11 heteroatoms. The van der Waals surface area contributed by atoms with E-state index in [4.69, 9.17) is 0 Å². The molecule has 2 bridgehead atoms. The summed E-state index contributed by atoms with van der Waals surface area (Å²) in [5.74, 6) is -0.544. The molecule has 5 rings (SSSR count). The van der Waals surface area contributed by atoms with Gasteiger partial charge in [0.1, 0.15) is 17.0 Å². The van der Waals surface area contributed by atoms with E-state index in [1.165, 1.54) is 11.0 Å². The molecule has 2 N–H and O–H groups in total. The SMILES string of the molecule is Cc1c(-c2ccc(C(F)(F)F)cc2O)nnc2c1ncn2C1CCC2CCC1N2C(=O)O. The molecule has 168 valence electrons. The first-order valence-corrected chi connectivity index (χ1v) is 10.3. The predicted octanol–water partition coefficient (Wildman–Crippen LogP) is 4.37. The Hall–Kier alpha value is -3.37. The minimum Gasteiger partial charge on any atom is -0.507 e. The standard InChI is InChI=1S/C21H20F3N5O3/c1-10-17(13-5-2-11(8-16(13)30)21(22,23)24)26-27-19-18(10)25-9-28(19)14-6-3-12-4-7-15(14)29(12)20(31)32/h2,5,8-9,12,14-15,30H,3-4,6-7H2,1H3,(H,31,32). The fourth-order valence-corrected chi connectivity index (χ4v) is 5.16. The number of benzene rings is 1. The second kappa shape index (κ2) is 7.07. The number of aromatic nitrogens is 4. The lowest BCUT2D eigenvalue weighted by atomic mass is 9.97. The Kier molecular flexibility index (Phi) is 4.54. The largest absolute Gasteiger partial charge is 0.507 e. The molecule has 2 aliphatic rings. The van der Waals surface area contributed by atoms with E-state index in [9.17, 15) is 28.2 Å². The Balaban J connectivity index is 1.54. The quantitative estimate of drug-likeness (QED) is 0.605. The van der Waals surface area contributed by atoms with E-state index in [2.05, 4.69) is 15.2 Å². The summed E-state index contributed by atoms with van der Waals surface area (Å²) in [6.07, 6.45) is -0.708. The Labute approximate surface area is 180 Å². The van der Waals surface area contributed by atoms with Gasteiger partial charge in [-0.05, 0) is 50.8 Å². The van der Waals surface area contributed by atoms with Gasteiger partial charge in [-0.15, -0.1) is 10.2 Å². The van der Waals surface area contributed by atoms with Crippen LogP contribution in [0.25, 0.3) is 22.4 Å². The number of hydrogen-bond donors (Lipinski definition) is 2. The van der Waals surface area contributed by atoms with Crippen LogP contribution in [0.4, 0.5) is 18.0 Å². The minimum atomic E-state index is -4.57. The normalized spacial score (nSPS) is 23.1. The number of carbonyl (C=O) groups is 1. The third-order valence-corrected chi connectivity index (χ3v) is 6.67. The molecule has 2 aromatic heterocycles. The summed E-state index contributed by atoms with van der Waals surface area (Å²) in [5, 5.41) is 28.3. The molecule has 1 amide bonds. The van der Waals surface area contributed by atoms with Gasteiger partial charge in [0.15, 0.2) is 5.65 Å². The number of carboxylic acid groups (broad SMARTS) is 1. The highest BCUT2D eigenvalue weighted by molar-refractivity contribution is 5.83. The molecule has 2 fully saturated rings. The highest BCUT2D eigenvalue weighted by atomic mass is 19.4. The highest BCUT2D eigenvalue weighted by Crippen LogP contribution is 2.43. The van der Waals surface area contributed by atoms with Crippen LogP contribution in [-0.2, 0) is 6.18 Å². The van der Waals surface area contributed by atoms with Crippen molar-refractivity contribution in [3.8, 4) is 17.0 Å². The van der Waals surface area contributed by atoms with Gasteiger partial charge in [0, 0.05) is 17.2 Å². The first kappa shape index (κ1) is 20.5. The van der Waals surface area contributed by atoms with Crippen LogP contribution >= 0.6 is 0 Å². The van der Waals surface area contributed by atoms with E-state index in [0.717, 1.165) is 31.7 Å². The zero-order valence-corrected chi connectivity index (χ0v) is 17.0. The van der Waals surface area contributed by atoms with E-state index >= 15 is 0 Å². The molecular formula is C21H20F3N5O3. The van der Waals surface area contributed by atoms with Crippen molar-refractivity contribution in [2.24, 2.45) is 0 Å². The van der Waals surface area contributed by atoms with Crippen LogP contribution in [0.5, 0.6) is 5.75 Å². The predicted molar refractivity (Wildman–Crippen MR) is 107 cm³/mol. The zero-order chi connectivity index (χ0) is 22.8. The van der Waals surface area contributed by atoms with Gasteiger partial charge in [0.2, 0.25) is 0 Å². The van der Waals surface area contributed by atoms with Crippen LogP contribution in [0.15, 0.2) is 24.5 Å². The van der Waals surface area contributed by atoms with Crippen molar-refractivity contribution in [1.29, 1.82) is 0 Å². The summed E-state index contributed by atoms with van der Waals surface area (Å²) in [7, 11) is 0. The molecule has 0 spiro atoms. The maximum atomic E-state index is 12.9. The van der Waals surface area contributed by atoms with Crippen LogP contribution in [0.3, 0.4) is 0 Å². The van der Waals surface area contributed by atoms with Crippen molar-refractivity contribution in [2.75, 3.05) is 0 Å². The van der Waals surface area contributed by atoms with E-state index in [1.54, 1.807) is 13.3 Å². The van der Waals surface area contributed by atoms with Gasteiger partial charge in [-0.1, -0.05) is 0 Å². The molecule has 4 heterocycles. The van der Waals surface area contributed by atoms with E-state index in [-0.39, 0.29) is 29.4 Å². The number of aromatic hydroxyl groups is 1. The van der Waals surface area contributed by atoms with Crippen molar-refractivity contribution < 1.29 is 28.2 Å². The second-order valence-electron chi connectivity index (χ2n) is 8.36. The van der Waals surface area contributed by atoms with Gasteiger partial charge in [0.05, 0.1) is 24.0 Å². The summed E-state index contributed by atoms with van der Waals surface area (Å²) >= 11 is 0. The van der Waals surface area contributed by atoms with Crippen LogP contribution in [0, 0.1) is 6.92 Å². The Bertz CT molecular complexity index is 1230. The third kappa shape index (κ3) is 3.06. The van der Waals surface area contributed by atoms with Crippen LogP contribution in [-0.4, -0.2) is 53.0 Å². The average Bonchev–Trinajstić information content (AvgIpc) is 3.29. The number of halogens is 3. The highest BCUT2D eigenvalue weighted by Gasteiger charge is 2.46. The fraction of sp³-hybridized carbons (Fsp3) is 0.429. The second-order valence-corrected chi connectivity index (χ2v) is 8.36. The minimum absolute atomic E-state index is 0.0469. The van der Waals surface area contributed by atoms with Gasteiger partial charge < -0.3 is 19.7 Å². The number of imidazole rings is 1. The number of piperidine rings is 1. The summed E-state index contributed by atoms with van der Waals surface area (Å²) in [6.45, 7) is 1.72. The molecule has 3 atom stereocenters. The maximum Gasteiger partial charge on any atom is 0.416 e. The number of rotatable bonds is 2. The topological polar surface area (TPSA) is 104 Å². The summed E-state index contributed by atoms with van der Waals surface area (Å²) in [6, 6.07) is 2.49. The molecule has 32 heavy (non-hydrogen) atoms. The first-order chi connectivity index (χ1) is 15.2. The molecule has 8 nitrogen and oxygen atoms in total. The van der Waals surface area contributed by atoms with Crippen LogP contribution in [0.2, 0.25) is 0 Å². The molecule has 2 aliphatic heterocycles. The zero-order valence-electron chi connectivity index (χ0n) is 17.0. The van der Waals surface area contributed by atoms with Gasteiger partial charge in [-0.3, -0.25) is 0 Å². The summed E-state index contributed by atoms with van der Waals surface area (Å²) in [5.41, 5.74) is 0.983. The lowest BCUT2D eigenvalue weighted by Crippen LogP contribution is -2.48. The van der Waals surface area contributed by atoms with Gasteiger partial charge in [-0.2, -0.15) is 13.2 Å². The monoisotopic (exact) mass is 447 g/mol. The number of hydrogen-bond acceptors (Lipinski definition) is 5. The van der Waals surface area contributed by atoms with Gasteiger partial charge in [0.25, 0.3) is 0 Å². The van der Waals surface area contributed by atoms with Crippen molar-refractivity contribution >= 4 is 17.3 Å². The molecule has 3 aromatic rings. The molecular weight excluding hydrogens is 427 g/mol. The molecule has 3 unspecified atom stereocenters. The van der Waals surface area contributed by atoms with Crippen LogP contribution < -0.4 is 0 Å². The van der Waals surface area contributed by atoms with Crippen molar-refractivity contribution in [1.82, 2.24) is 24.6 Å². The summed E-state index contributed by atoms with van der Waals surface area (Å²) in [4.78, 5) is 17.7. The lowest BCUT2D eigenvalue weighted by Gasteiger charge is -2.38. The number of phenolic OH excluding ortho intramolecular Hbond substituents is 1. The van der Waals surface area contributed by atoms with E-state index in [0.29, 0.717) is 22.8 Å². The van der Waals surface area contributed by atoms with Gasteiger partial charge in [-0.25, -0.2) is 9.78 Å². The van der Waals surface area contributed by atoms with Gasteiger partial charge >= 0.3 is 12.3 Å². The molecule has 2 saturated heterocycles. The first-order valence-electron chi connectivity index (χ1n) is 10.3. The maximum absolute atomic E-state index is 12.9. The van der Waals surface area contributed by atoms with E-state index < -0.39 is 23.6 Å². The number of aryl methyl sites for hydroxylation is 1. The molecule has 1 aromatic carbocycles. The Morgan fingerprint density at radius 3 is 2.50 bits per heavy atom. The fourth-order valence-electron chi connectivity index (χ4n) is 5.16.